The highest BCUT2D eigenvalue weighted by Gasteiger charge is 2.18. The van der Waals surface area contributed by atoms with Gasteiger partial charge in [-0.05, 0) is 37.0 Å². The molecule has 1 N–H and O–H groups in total. The minimum absolute atomic E-state index is 0.788. The lowest BCUT2D eigenvalue weighted by molar-refractivity contribution is 0.530. The van der Waals surface area contributed by atoms with Crippen LogP contribution in [0.15, 0.2) is 30.6 Å². The zero-order chi connectivity index (χ0) is 14.9. The third-order valence-corrected chi connectivity index (χ3v) is 4.27. The van der Waals surface area contributed by atoms with Crippen LogP contribution in [0.25, 0.3) is 11.2 Å². The second kappa shape index (κ2) is 5.40. The molecule has 22 heavy (non-hydrogen) atoms. The summed E-state index contributed by atoms with van der Waals surface area (Å²) >= 11 is 0. The first kappa shape index (κ1) is 13.2. The molecule has 0 bridgehead atoms. The molecule has 0 aliphatic carbocycles. The van der Waals surface area contributed by atoms with Gasteiger partial charge in [-0.2, -0.15) is 0 Å². The third kappa shape index (κ3) is 2.22. The highest BCUT2D eigenvalue weighted by atomic mass is 15.2. The fourth-order valence-corrected chi connectivity index (χ4v) is 3.01. The first-order valence-corrected chi connectivity index (χ1v) is 7.91. The number of aryl methyl sites for hydroxylation is 3. The van der Waals surface area contributed by atoms with Crippen LogP contribution in [0.5, 0.6) is 0 Å². The van der Waals surface area contributed by atoms with Crippen molar-refractivity contribution >= 4 is 22.7 Å². The molecule has 0 radical (unpaired) electrons. The Bertz CT molecular complexity index is 804. The van der Waals surface area contributed by atoms with Gasteiger partial charge in [-0.3, -0.25) is 0 Å². The van der Waals surface area contributed by atoms with Crippen LogP contribution in [0.2, 0.25) is 0 Å². The summed E-state index contributed by atoms with van der Waals surface area (Å²) in [5.41, 5.74) is 4.18. The van der Waals surface area contributed by atoms with Crippen molar-refractivity contribution in [2.24, 2.45) is 0 Å². The number of benzene rings is 1. The molecule has 0 unspecified atom stereocenters. The average molecular weight is 293 g/mol. The van der Waals surface area contributed by atoms with Crippen molar-refractivity contribution in [1.29, 1.82) is 0 Å². The molecule has 0 spiro atoms. The van der Waals surface area contributed by atoms with Gasteiger partial charge in [0.1, 0.15) is 12.2 Å². The van der Waals surface area contributed by atoms with Crippen molar-refractivity contribution < 1.29 is 0 Å². The molecule has 112 valence electrons. The second-order valence-electron chi connectivity index (χ2n) is 5.71. The first-order valence-electron chi connectivity index (χ1n) is 7.91. The molecule has 1 aliphatic rings. The van der Waals surface area contributed by atoms with Crippen LogP contribution < -0.4 is 5.32 Å². The molecule has 0 saturated carbocycles. The van der Waals surface area contributed by atoms with E-state index in [1.807, 2.05) is 0 Å². The van der Waals surface area contributed by atoms with Gasteiger partial charge in [-0.15, -0.1) is 0 Å². The predicted molar refractivity (Wildman–Crippen MR) is 87.4 cm³/mol. The van der Waals surface area contributed by atoms with Gasteiger partial charge < -0.3 is 9.88 Å². The topological polar surface area (TPSA) is 55.6 Å². The summed E-state index contributed by atoms with van der Waals surface area (Å²) in [7, 11) is 0. The number of anilines is 2. The van der Waals surface area contributed by atoms with E-state index in [9.17, 15) is 0 Å². The Kier molecular flexibility index (Phi) is 3.25. The molecule has 3 heterocycles. The normalized spacial score (nSPS) is 14.0. The van der Waals surface area contributed by atoms with E-state index >= 15 is 0 Å². The molecule has 0 saturated heterocycles. The molecule has 3 aromatic rings. The van der Waals surface area contributed by atoms with Gasteiger partial charge >= 0.3 is 0 Å². The summed E-state index contributed by atoms with van der Waals surface area (Å²) in [5, 5.41) is 3.38. The molecule has 1 aromatic carbocycles. The molecule has 5 heteroatoms. The summed E-state index contributed by atoms with van der Waals surface area (Å²) in [6.07, 6.45) is 6.10. The highest BCUT2D eigenvalue weighted by molar-refractivity contribution is 5.85. The van der Waals surface area contributed by atoms with Crippen molar-refractivity contribution in [2.75, 3.05) is 5.32 Å². The van der Waals surface area contributed by atoms with Gasteiger partial charge in [-0.1, -0.05) is 19.1 Å². The minimum Gasteiger partial charge on any atom is -0.338 e. The second-order valence-corrected chi connectivity index (χ2v) is 5.71. The SMILES string of the molecule is CCc1ccc(Nc2ncnc3c2nc2n3CCCC2)cc1. The van der Waals surface area contributed by atoms with Gasteiger partial charge in [-0.25, -0.2) is 15.0 Å². The Morgan fingerprint density at radius 2 is 2.00 bits per heavy atom. The fraction of sp³-hybridized carbons (Fsp3) is 0.353. The van der Waals surface area contributed by atoms with E-state index in [0.717, 1.165) is 47.9 Å². The van der Waals surface area contributed by atoms with E-state index in [0.29, 0.717) is 0 Å². The molecule has 4 rings (SSSR count). The van der Waals surface area contributed by atoms with Gasteiger partial charge in [0.25, 0.3) is 0 Å². The van der Waals surface area contributed by atoms with Crippen molar-refractivity contribution in [1.82, 2.24) is 19.5 Å². The van der Waals surface area contributed by atoms with E-state index in [4.69, 9.17) is 4.98 Å². The van der Waals surface area contributed by atoms with Crippen LogP contribution in [0.4, 0.5) is 11.5 Å². The van der Waals surface area contributed by atoms with Gasteiger partial charge in [0.2, 0.25) is 0 Å². The molecule has 0 amide bonds. The molecule has 0 fully saturated rings. The molecule has 5 nitrogen and oxygen atoms in total. The maximum Gasteiger partial charge on any atom is 0.165 e. The van der Waals surface area contributed by atoms with E-state index in [-0.39, 0.29) is 0 Å². The molecular weight excluding hydrogens is 274 g/mol. The van der Waals surface area contributed by atoms with Gasteiger partial charge in [0, 0.05) is 18.7 Å². The van der Waals surface area contributed by atoms with Crippen LogP contribution in [0.3, 0.4) is 0 Å². The van der Waals surface area contributed by atoms with Gasteiger partial charge in [0.15, 0.2) is 17.0 Å². The van der Waals surface area contributed by atoms with Crippen molar-refractivity contribution in [3.63, 3.8) is 0 Å². The Morgan fingerprint density at radius 1 is 1.14 bits per heavy atom. The Morgan fingerprint density at radius 3 is 2.82 bits per heavy atom. The molecular formula is C17H19N5. The number of hydrogen-bond donors (Lipinski definition) is 1. The van der Waals surface area contributed by atoms with Crippen LogP contribution in [0, 0.1) is 0 Å². The number of rotatable bonds is 3. The third-order valence-electron chi connectivity index (χ3n) is 4.27. The Labute approximate surface area is 129 Å². The lowest BCUT2D eigenvalue weighted by atomic mass is 10.1. The smallest absolute Gasteiger partial charge is 0.165 e. The van der Waals surface area contributed by atoms with Crippen LogP contribution in [-0.4, -0.2) is 19.5 Å². The average Bonchev–Trinajstić information content (AvgIpc) is 2.95. The number of fused-ring (bicyclic) bond motifs is 3. The lowest BCUT2D eigenvalue weighted by Crippen LogP contribution is -2.10. The summed E-state index contributed by atoms with van der Waals surface area (Å²) in [6.45, 7) is 3.17. The minimum atomic E-state index is 0.788. The van der Waals surface area contributed by atoms with Crippen LogP contribution >= 0.6 is 0 Å². The summed E-state index contributed by atoms with van der Waals surface area (Å²) in [4.78, 5) is 13.6. The first-order chi connectivity index (χ1) is 10.8. The number of nitrogens with zero attached hydrogens (tertiary/aromatic N) is 4. The molecule has 2 aromatic heterocycles. The van der Waals surface area contributed by atoms with E-state index < -0.39 is 0 Å². The largest absolute Gasteiger partial charge is 0.338 e. The van der Waals surface area contributed by atoms with E-state index in [1.165, 1.54) is 18.4 Å². The maximum absolute atomic E-state index is 4.76. The molecule has 1 aliphatic heterocycles. The van der Waals surface area contributed by atoms with E-state index in [1.54, 1.807) is 6.33 Å². The van der Waals surface area contributed by atoms with E-state index in [2.05, 4.69) is 51.0 Å². The number of imidazole rings is 1. The van der Waals surface area contributed by atoms with Crippen LogP contribution in [-0.2, 0) is 19.4 Å². The maximum atomic E-state index is 4.76. The standard InChI is InChI=1S/C17H19N5/c1-2-12-6-8-13(9-7-12)20-16-15-17(19-11-18-16)22-10-4-3-5-14(22)21-15/h6-9,11H,2-5,10H2,1H3,(H,18,19,20). The summed E-state index contributed by atoms with van der Waals surface area (Å²) in [6, 6.07) is 8.45. The fourth-order valence-electron chi connectivity index (χ4n) is 3.01. The van der Waals surface area contributed by atoms with Gasteiger partial charge in [0.05, 0.1) is 0 Å². The lowest BCUT2D eigenvalue weighted by Gasteiger charge is -2.13. The number of hydrogen-bond acceptors (Lipinski definition) is 4. The van der Waals surface area contributed by atoms with Crippen molar-refractivity contribution in [2.45, 2.75) is 39.2 Å². The summed E-state index contributed by atoms with van der Waals surface area (Å²) < 4.78 is 2.23. The molecule has 0 atom stereocenters. The summed E-state index contributed by atoms with van der Waals surface area (Å²) in [5.74, 6) is 1.92. The zero-order valence-electron chi connectivity index (χ0n) is 12.7. The van der Waals surface area contributed by atoms with Crippen LogP contribution in [0.1, 0.15) is 31.2 Å². The van der Waals surface area contributed by atoms with Crippen molar-refractivity contribution in [3.05, 3.63) is 42.0 Å². The zero-order valence-corrected chi connectivity index (χ0v) is 12.7. The Hall–Kier alpha value is -2.43. The predicted octanol–water partition coefficient (Wildman–Crippen LogP) is 3.47. The number of nitrogens with one attached hydrogen (secondary N) is 1. The Balaban J connectivity index is 1.73. The quantitative estimate of drug-likeness (QED) is 0.803. The van der Waals surface area contributed by atoms with Crippen molar-refractivity contribution in [3.8, 4) is 0 Å². The highest BCUT2D eigenvalue weighted by Crippen LogP contribution is 2.26. The number of aromatic nitrogens is 4. The monoisotopic (exact) mass is 293 g/mol.